The van der Waals surface area contributed by atoms with Crippen LogP contribution < -0.4 is 0 Å². The molecule has 0 N–H and O–H groups in total. The molecular formula is C17H23N5O. The third-order valence-corrected chi connectivity index (χ3v) is 5.37. The number of fused-ring (bicyclic) bond motifs is 1. The van der Waals surface area contributed by atoms with Crippen molar-refractivity contribution in [2.45, 2.75) is 45.2 Å². The number of rotatable bonds is 2. The second kappa shape index (κ2) is 5.83. The number of amides is 1. The number of piperidine rings is 1. The third kappa shape index (κ3) is 2.66. The smallest absolute Gasteiger partial charge is 0.226 e. The first-order chi connectivity index (χ1) is 11.2. The summed E-state index contributed by atoms with van der Waals surface area (Å²) in [4.78, 5) is 23.4. The van der Waals surface area contributed by atoms with Crippen molar-refractivity contribution in [3.8, 4) is 0 Å². The number of carbonyl (C=O) groups is 1. The SMILES string of the molecule is Cc1ncc2n1CCC(C(=O)N1CCC(n3ccnc3)CC1)C2. The number of imidazole rings is 2. The van der Waals surface area contributed by atoms with E-state index < -0.39 is 0 Å². The molecule has 0 aliphatic carbocycles. The second-order valence-electron chi connectivity index (χ2n) is 6.70. The number of aromatic nitrogens is 4. The van der Waals surface area contributed by atoms with Gasteiger partial charge in [-0.1, -0.05) is 0 Å². The number of carbonyl (C=O) groups excluding carboxylic acids is 1. The van der Waals surface area contributed by atoms with E-state index in [-0.39, 0.29) is 5.92 Å². The van der Waals surface area contributed by atoms with Crippen LogP contribution in [0.5, 0.6) is 0 Å². The Balaban J connectivity index is 1.37. The van der Waals surface area contributed by atoms with E-state index in [1.165, 1.54) is 5.69 Å². The molecule has 6 heteroatoms. The monoisotopic (exact) mass is 313 g/mol. The van der Waals surface area contributed by atoms with Crippen LogP contribution in [0.2, 0.25) is 0 Å². The van der Waals surface area contributed by atoms with Gasteiger partial charge in [-0.05, 0) is 26.2 Å². The highest BCUT2D eigenvalue weighted by Gasteiger charge is 2.31. The van der Waals surface area contributed by atoms with Crippen LogP contribution in [-0.2, 0) is 17.8 Å². The molecule has 1 fully saturated rings. The summed E-state index contributed by atoms with van der Waals surface area (Å²) in [6.45, 7) is 4.67. The van der Waals surface area contributed by atoms with Gasteiger partial charge in [-0.2, -0.15) is 0 Å². The van der Waals surface area contributed by atoms with Crippen molar-refractivity contribution in [2.75, 3.05) is 13.1 Å². The zero-order valence-electron chi connectivity index (χ0n) is 13.6. The summed E-state index contributed by atoms with van der Waals surface area (Å²) in [6, 6.07) is 0.483. The largest absolute Gasteiger partial charge is 0.342 e. The predicted octanol–water partition coefficient (Wildman–Crippen LogP) is 1.81. The number of aryl methyl sites for hydroxylation is 1. The molecule has 2 aliphatic rings. The van der Waals surface area contributed by atoms with Crippen LogP contribution in [0.1, 0.15) is 36.8 Å². The molecule has 1 atom stereocenters. The van der Waals surface area contributed by atoms with Gasteiger partial charge in [0.05, 0.1) is 6.33 Å². The van der Waals surface area contributed by atoms with E-state index in [1.54, 1.807) is 0 Å². The van der Waals surface area contributed by atoms with Crippen molar-refractivity contribution < 1.29 is 4.79 Å². The Morgan fingerprint density at radius 3 is 2.78 bits per heavy atom. The van der Waals surface area contributed by atoms with Gasteiger partial charge >= 0.3 is 0 Å². The first kappa shape index (κ1) is 14.5. The highest BCUT2D eigenvalue weighted by molar-refractivity contribution is 5.79. The van der Waals surface area contributed by atoms with Gasteiger partial charge in [0.2, 0.25) is 5.91 Å². The molecule has 0 saturated carbocycles. The number of likely N-dealkylation sites (tertiary alicyclic amines) is 1. The van der Waals surface area contributed by atoms with Gasteiger partial charge in [0, 0.05) is 62.3 Å². The summed E-state index contributed by atoms with van der Waals surface area (Å²) in [5, 5.41) is 0. The van der Waals surface area contributed by atoms with Crippen LogP contribution in [0, 0.1) is 12.8 Å². The zero-order chi connectivity index (χ0) is 15.8. The molecule has 1 unspecified atom stereocenters. The third-order valence-electron chi connectivity index (χ3n) is 5.37. The van der Waals surface area contributed by atoms with Crippen molar-refractivity contribution in [1.29, 1.82) is 0 Å². The van der Waals surface area contributed by atoms with E-state index in [0.717, 1.165) is 51.1 Å². The minimum Gasteiger partial charge on any atom is -0.342 e. The average molecular weight is 313 g/mol. The molecular weight excluding hydrogens is 290 g/mol. The lowest BCUT2D eigenvalue weighted by Crippen LogP contribution is -2.43. The Bertz CT molecular complexity index is 682. The van der Waals surface area contributed by atoms with Gasteiger partial charge in [-0.3, -0.25) is 4.79 Å². The number of nitrogens with zero attached hydrogens (tertiary/aromatic N) is 5. The van der Waals surface area contributed by atoms with Crippen LogP contribution in [0.25, 0.3) is 0 Å². The Hall–Kier alpha value is -2.11. The number of hydrogen-bond donors (Lipinski definition) is 0. The zero-order valence-corrected chi connectivity index (χ0v) is 13.6. The van der Waals surface area contributed by atoms with Gasteiger partial charge in [0.1, 0.15) is 5.82 Å². The highest BCUT2D eigenvalue weighted by Crippen LogP contribution is 2.27. The Morgan fingerprint density at radius 1 is 1.22 bits per heavy atom. The molecule has 4 heterocycles. The van der Waals surface area contributed by atoms with E-state index in [1.807, 2.05) is 31.8 Å². The van der Waals surface area contributed by atoms with E-state index in [4.69, 9.17) is 0 Å². The van der Waals surface area contributed by atoms with Gasteiger partial charge in [0.25, 0.3) is 0 Å². The maximum absolute atomic E-state index is 12.8. The van der Waals surface area contributed by atoms with Crippen molar-refractivity contribution >= 4 is 5.91 Å². The molecule has 1 saturated heterocycles. The molecule has 0 spiro atoms. The molecule has 23 heavy (non-hydrogen) atoms. The van der Waals surface area contributed by atoms with Gasteiger partial charge in [-0.15, -0.1) is 0 Å². The average Bonchev–Trinajstić information content (AvgIpc) is 3.24. The fourth-order valence-electron chi connectivity index (χ4n) is 3.96. The molecule has 1 amide bonds. The summed E-state index contributed by atoms with van der Waals surface area (Å²) in [5.41, 5.74) is 1.21. The maximum Gasteiger partial charge on any atom is 0.226 e. The van der Waals surface area contributed by atoms with E-state index in [2.05, 4.69) is 24.0 Å². The summed E-state index contributed by atoms with van der Waals surface area (Å²) in [6.07, 6.45) is 11.5. The first-order valence-electron chi connectivity index (χ1n) is 8.49. The molecule has 2 aromatic heterocycles. The van der Waals surface area contributed by atoms with E-state index in [0.29, 0.717) is 11.9 Å². The summed E-state index contributed by atoms with van der Waals surface area (Å²) in [7, 11) is 0. The molecule has 4 rings (SSSR count). The van der Waals surface area contributed by atoms with Crippen molar-refractivity contribution in [1.82, 2.24) is 24.0 Å². The molecule has 2 aliphatic heterocycles. The maximum atomic E-state index is 12.8. The van der Waals surface area contributed by atoms with Gasteiger partial charge < -0.3 is 14.0 Å². The molecule has 0 bridgehead atoms. The van der Waals surface area contributed by atoms with Crippen LogP contribution >= 0.6 is 0 Å². The van der Waals surface area contributed by atoms with Crippen molar-refractivity contribution in [2.24, 2.45) is 5.92 Å². The lowest BCUT2D eigenvalue weighted by Gasteiger charge is -2.35. The quantitative estimate of drug-likeness (QED) is 0.850. The molecule has 0 radical (unpaired) electrons. The lowest BCUT2D eigenvalue weighted by molar-refractivity contribution is -0.137. The Labute approximate surface area is 136 Å². The summed E-state index contributed by atoms with van der Waals surface area (Å²) >= 11 is 0. The first-order valence-corrected chi connectivity index (χ1v) is 8.49. The molecule has 0 aromatic carbocycles. The van der Waals surface area contributed by atoms with Crippen LogP contribution in [-0.4, -0.2) is 43.0 Å². The van der Waals surface area contributed by atoms with E-state index >= 15 is 0 Å². The number of hydrogen-bond acceptors (Lipinski definition) is 3. The van der Waals surface area contributed by atoms with Crippen LogP contribution in [0.15, 0.2) is 24.9 Å². The topological polar surface area (TPSA) is 56.0 Å². The fraction of sp³-hybridized carbons (Fsp3) is 0.588. The normalized spacial score (nSPS) is 22.1. The minimum atomic E-state index is 0.128. The fourth-order valence-corrected chi connectivity index (χ4v) is 3.96. The molecule has 2 aromatic rings. The Kier molecular flexibility index (Phi) is 3.67. The lowest BCUT2D eigenvalue weighted by atomic mass is 9.93. The Morgan fingerprint density at radius 2 is 2.04 bits per heavy atom. The van der Waals surface area contributed by atoms with Crippen LogP contribution in [0.3, 0.4) is 0 Å². The highest BCUT2D eigenvalue weighted by atomic mass is 16.2. The predicted molar refractivity (Wildman–Crippen MR) is 85.9 cm³/mol. The van der Waals surface area contributed by atoms with Crippen LogP contribution in [0.4, 0.5) is 0 Å². The molecule has 122 valence electrons. The summed E-state index contributed by atoms with van der Waals surface area (Å²) < 4.78 is 4.42. The van der Waals surface area contributed by atoms with E-state index in [9.17, 15) is 4.79 Å². The van der Waals surface area contributed by atoms with Crippen molar-refractivity contribution in [3.05, 3.63) is 36.4 Å². The van der Waals surface area contributed by atoms with Gasteiger partial charge in [0.15, 0.2) is 0 Å². The van der Waals surface area contributed by atoms with Gasteiger partial charge in [-0.25, -0.2) is 9.97 Å². The molecule has 6 nitrogen and oxygen atoms in total. The van der Waals surface area contributed by atoms with Crippen molar-refractivity contribution in [3.63, 3.8) is 0 Å². The standard InChI is InChI=1S/C17H23N5O/c1-13-19-11-16-10-14(2-8-22(13)16)17(23)20-6-3-15(4-7-20)21-9-5-18-12-21/h5,9,11-12,14-15H,2-4,6-8,10H2,1H3. The minimum absolute atomic E-state index is 0.128. The summed E-state index contributed by atoms with van der Waals surface area (Å²) in [5.74, 6) is 1.52. The second-order valence-corrected chi connectivity index (χ2v) is 6.70.